The van der Waals surface area contributed by atoms with Crippen molar-refractivity contribution in [2.24, 2.45) is 5.73 Å². The topological polar surface area (TPSA) is 49.5 Å². The molecule has 1 unspecified atom stereocenters. The molecule has 3 N–H and O–H groups in total. The summed E-state index contributed by atoms with van der Waals surface area (Å²) in [6.07, 6.45) is 3.65. The maximum absolute atomic E-state index is 10.1. The van der Waals surface area contributed by atoms with Crippen LogP contribution < -0.4 is 10.6 Å². The van der Waals surface area contributed by atoms with Crippen LogP contribution in [0.15, 0.2) is 18.2 Å². The highest BCUT2D eigenvalue weighted by Crippen LogP contribution is 2.29. The Hall–Kier alpha value is -1.22. The third-order valence-electron chi connectivity index (χ3n) is 3.46. The summed E-state index contributed by atoms with van der Waals surface area (Å²) >= 11 is 0. The lowest BCUT2D eigenvalue weighted by molar-refractivity contribution is 0.463. The molecule has 0 aromatic heterocycles. The van der Waals surface area contributed by atoms with Crippen LogP contribution >= 0.6 is 0 Å². The fourth-order valence-electron chi connectivity index (χ4n) is 2.31. The second-order valence-corrected chi connectivity index (χ2v) is 5.53. The van der Waals surface area contributed by atoms with Crippen LogP contribution in [0.5, 0.6) is 5.75 Å². The van der Waals surface area contributed by atoms with E-state index in [1.165, 1.54) is 19.3 Å². The summed E-state index contributed by atoms with van der Waals surface area (Å²) in [5.74, 6) is 0.300. The molecule has 0 radical (unpaired) electrons. The second-order valence-electron chi connectivity index (χ2n) is 5.53. The number of benzene rings is 1. The zero-order chi connectivity index (χ0) is 14.4. The molecule has 108 valence electrons. The van der Waals surface area contributed by atoms with Crippen molar-refractivity contribution >= 4 is 5.69 Å². The molecular formula is C16H28N2O. The maximum atomic E-state index is 10.1. The normalized spacial score (nSPS) is 12.7. The SMILES string of the molecule is CCCCCN(c1ccc(C(C)N)c(O)c1)C(C)C. The number of phenolic OH excluding ortho intramolecular Hbond substituents is 1. The van der Waals surface area contributed by atoms with Gasteiger partial charge in [-0.2, -0.15) is 0 Å². The van der Waals surface area contributed by atoms with Gasteiger partial charge in [-0.05, 0) is 33.3 Å². The Kier molecular flexibility index (Phi) is 6.16. The minimum atomic E-state index is -0.137. The van der Waals surface area contributed by atoms with Crippen LogP contribution in [0.25, 0.3) is 0 Å². The lowest BCUT2D eigenvalue weighted by Crippen LogP contribution is -2.31. The molecule has 1 rings (SSSR count). The Morgan fingerprint density at radius 1 is 1.21 bits per heavy atom. The largest absolute Gasteiger partial charge is 0.508 e. The third-order valence-corrected chi connectivity index (χ3v) is 3.46. The van der Waals surface area contributed by atoms with E-state index in [1.807, 2.05) is 19.1 Å². The molecule has 3 heteroatoms. The zero-order valence-electron chi connectivity index (χ0n) is 12.7. The number of hydrogen-bond donors (Lipinski definition) is 2. The summed E-state index contributed by atoms with van der Waals surface area (Å²) in [6, 6.07) is 6.12. The third kappa shape index (κ3) is 4.43. The van der Waals surface area contributed by atoms with Gasteiger partial charge in [0.05, 0.1) is 0 Å². The van der Waals surface area contributed by atoms with Gasteiger partial charge in [-0.1, -0.05) is 25.8 Å². The Labute approximate surface area is 117 Å². The van der Waals surface area contributed by atoms with Crippen molar-refractivity contribution in [3.63, 3.8) is 0 Å². The lowest BCUT2D eigenvalue weighted by Gasteiger charge is -2.29. The van der Waals surface area contributed by atoms with E-state index in [-0.39, 0.29) is 6.04 Å². The fourth-order valence-corrected chi connectivity index (χ4v) is 2.31. The minimum Gasteiger partial charge on any atom is -0.508 e. The number of anilines is 1. The van der Waals surface area contributed by atoms with Gasteiger partial charge in [0, 0.05) is 35.9 Å². The zero-order valence-corrected chi connectivity index (χ0v) is 12.7. The Morgan fingerprint density at radius 2 is 1.89 bits per heavy atom. The van der Waals surface area contributed by atoms with Crippen molar-refractivity contribution in [2.45, 2.75) is 59.0 Å². The first-order chi connectivity index (χ1) is 8.97. The number of rotatable bonds is 7. The van der Waals surface area contributed by atoms with Gasteiger partial charge in [0.2, 0.25) is 0 Å². The number of unbranched alkanes of at least 4 members (excludes halogenated alkanes) is 2. The monoisotopic (exact) mass is 264 g/mol. The molecule has 0 spiro atoms. The van der Waals surface area contributed by atoms with E-state index in [4.69, 9.17) is 5.73 Å². The van der Waals surface area contributed by atoms with Crippen molar-refractivity contribution in [2.75, 3.05) is 11.4 Å². The molecule has 3 nitrogen and oxygen atoms in total. The highest BCUT2D eigenvalue weighted by atomic mass is 16.3. The van der Waals surface area contributed by atoms with Gasteiger partial charge in [-0.3, -0.25) is 0 Å². The summed E-state index contributed by atoms with van der Waals surface area (Å²) < 4.78 is 0. The van der Waals surface area contributed by atoms with E-state index in [0.29, 0.717) is 11.8 Å². The maximum Gasteiger partial charge on any atom is 0.122 e. The fraction of sp³-hybridized carbons (Fsp3) is 0.625. The number of phenols is 1. The minimum absolute atomic E-state index is 0.137. The van der Waals surface area contributed by atoms with E-state index in [2.05, 4.69) is 31.7 Å². The van der Waals surface area contributed by atoms with E-state index in [9.17, 15) is 5.11 Å². The van der Waals surface area contributed by atoms with Gasteiger partial charge in [0.25, 0.3) is 0 Å². The highest BCUT2D eigenvalue weighted by molar-refractivity contribution is 5.54. The van der Waals surface area contributed by atoms with E-state index >= 15 is 0 Å². The highest BCUT2D eigenvalue weighted by Gasteiger charge is 2.13. The molecule has 0 fully saturated rings. The van der Waals surface area contributed by atoms with Crippen molar-refractivity contribution in [3.05, 3.63) is 23.8 Å². The predicted molar refractivity (Wildman–Crippen MR) is 82.7 cm³/mol. The smallest absolute Gasteiger partial charge is 0.122 e. The van der Waals surface area contributed by atoms with Gasteiger partial charge in [-0.15, -0.1) is 0 Å². The summed E-state index contributed by atoms with van der Waals surface area (Å²) in [5.41, 5.74) is 7.71. The van der Waals surface area contributed by atoms with Gasteiger partial charge in [0.15, 0.2) is 0 Å². The summed E-state index contributed by atoms with van der Waals surface area (Å²) in [7, 11) is 0. The molecule has 19 heavy (non-hydrogen) atoms. The molecule has 1 aromatic carbocycles. The molecule has 0 amide bonds. The average Bonchev–Trinajstić information content (AvgIpc) is 2.33. The first kappa shape index (κ1) is 15.8. The molecule has 0 saturated heterocycles. The number of aromatic hydroxyl groups is 1. The quantitative estimate of drug-likeness (QED) is 0.736. The van der Waals surface area contributed by atoms with Crippen LogP contribution in [-0.2, 0) is 0 Å². The van der Waals surface area contributed by atoms with Crippen molar-refractivity contribution in [1.29, 1.82) is 0 Å². The van der Waals surface area contributed by atoms with Gasteiger partial charge >= 0.3 is 0 Å². The van der Waals surface area contributed by atoms with Crippen molar-refractivity contribution in [1.82, 2.24) is 0 Å². The summed E-state index contributed by atoms with van der Waals surface area (Å²) in [4.78, 5) is 2.33. The molecule has 0 heterocycles. The number of nitrogens with zero attached hydrogens (tertiary/aromatic N) is 1. The summed E-state index contributed by atoms with van der Waals surface area (Å²) in [6.45, 7) is 9.49. The van der Waals surface area contributed by atoms with E-state index in [1.54, 1.807) is 0 Å². The van der Waals surface area contributed by atoms with Crippen LogP contribution in [-0.4, -0.2) is 17.7 Å². The molecule has 1 aromatic rings. The number of nitrogens with two attached hydrogens (primary N) is 1. The molecule has 0 aliphatic rings. The first-order valence-electron chi connectivity index (χ1n) is 7.32. The van der Waals surface area contributed by atoms with Crippen LogP contribution in [0, 0.1) is 0 Å². The van der Waals surface area contributed by atoms with Crippen LogP contribution in [0.2, 0.25) is 0 Å². The predicted octanol–water partition coefficient (Wildman–Crippen LogP) is 3.82. The van der Waals surface area contributed by atoms with Gasteiger partial charge in [-0.25, -0.2) is 0 Å². The van der Waals surface area contributed by atoms with Crippen LogP contribution in [0.3, 0.4) is 0 Å². The van der Waals surface area contributed by atoms with Gasteiger partial charge < -0.3 is 15.7 Å². The Balaban J connectivity index is 2.87. The van der Waals surface area contributed by atoms with Crippen molar-refractivity contribution < 1.29 is 5.11 Å². The molecule has 0 aliphatic carbocycles. The Bertz CT molecular complexity index is 388. The molecule has 1 atom stereocenters. The molecule has 0 aliphatic heterocycles. The summed E-state index contributed by atoms with van der Waals surface area (Å²) in [5, 5.41) is 10.1. The van der Waals surface area contributed by atoms with Gasteiger partial charge in [0.1, 0.15) is 5.75 Å². The second kappa shape index (κ2) is 7.39. The number of hydrogen-bond acceptors (Lipinski definition) is 3. The first-order valence-corrected chi connectivity index (χ1v) is 7.32. The van der Waals surface area contributed by atoms with Crippen LogP contribution in [0.1, 0.15) is 58.6 Å². The van der Waals surface area contributed by atoms with Crippen molar-refractivity contribution in [3.8, 4) is 5.75 Å². The average molecular weight is 264 g/mol. The molecule has 0 saturated carbocycles. The van der Waals surface area contributed by atoms with E-state index < -0.39 is 0 Å². The van der Waals surface area contributed by atoms with E-state index in [0.717, 1.165) is 17.8 Å². The molecular weight excluding hydrogens is 236 g/mol. The lowest BCUT2D eigenvalue weighted by atomic mass is 10.1. The molecule has 0 bridgehead atoms. The standard InChI is InChI=1S/C16H28N2O/c1-5-6-7-10-18(12(2)3)14-8-9-15(13(4)17)16(19)11-14/h8-9,11-13,19H,5-7,10,17H2,1-4H3. The Morgan fingerprint density at radius 3 is 2.37 bits per heavy atom. The van der Waals surface area contributed by atoms with Crippen LogP contribution in [0.4, 0.5) is 5.69 Å².